The number of aliphatic hydroxyl groups is 1. The van der Waals surface area contributed by atoms with Crippen molar-refractivity contribution in [3.63, 3.8) is 0 Å². The summed E-state index contributed by atoms with van der Waals surface area (Å²) in [7, 11) is 5.36. The molecule has 0 spiro atoms. The topological polar surface area (TPSA) is 56.7 Å². The van der Waals surface area contributed by atoms with Gasteiger partial charge in [0.1, 0.15) is 5.82 Å². The van der Waals surface area contributed by atoms with E-state index in [9.17, 15) is 9.90 Å². The third kappa shape index (κ3) is 3.70. The van der Waals surface area contributed by atoms with Crippen molar-refractivity contribution in [2.75, 3.05) is 32.6 Å². The average molecular weight is 251 g/mol. The Bertz CT molecular complexity index is 424. The molecule has 5 heteroatoms. The summed E-state index contributed by atoms with van der Waals surface area (Å²) in [6.45, 7) is 3.62. The molecule has 1 N–H and O–H groups in total. The number of hydrogen-bond donors (Lipinski definition) is 1. The van der Waals surface area contributed by atoms with Crippen LogP contribution >= 0.6 is 0 Å². The van der Waals surface area contributed by atoms with Gasteiger partial charge in [-0.25, -0.2) is 4.98 Å². The molecule has 0 bridgehead atoms. The summed E-state index contributed by atoms with van der Waals surface area (Å²) in [6.07, 6.45) is 1.65. The zero-order valence-electron chi connectivity index (χ0n) is 11.6. The number of nitrogens with zero attached hydrogens (tertiary/aromatic N) is 3. The molecule has 0 radical (unpaired) electrons. The summed E-state index contributed by atoms with van der Waals surface area (Å²) in [5.74, 6) is 0.485. The molecule has 5 nitrogen and oxygen atoms in total. The van der Waals surface area contributed by atoms with Crippen LogP contribution in [0.2, 0.25) is 0 Å². The first kappa shape index (κ1) is 14.4. The maximum Gasteiger partial charge on any atom is 0.257 e. The summed E-state index contributed by atoms with van der Waals surface area (Å²) < 4.78 is 0. The minimum atomic E-state index is -0.912. The fourth-order valence-corrected chi connectivity index (χ4v) is 1.78. The van der Waals surface area contributed by atoms with E-state index in [2.05, 4.69) is 4.98 Å². The molecule has 0 aromatic carbocycles. The summed E-state index contributed by atoms with van der Waals surface area (Å²) >= 11 is 0. The van der Waals surface area contributed by atoms with Gasteiger partial charge in [0.05, 0.1) is 11.2 Å². The van der Waals surface area contributed by atoms with E-state index in [1.54, 1.807) is 44.1 Å². The highest BCUT2D eigenvalue weighted by molar-refractivity contribution is 5.98. The number of aromatic nitrogens is 1. The highest BCUT2D eigenvalue weighted by atomic mass is 16.3. The predicted octanol–water partition coefficient (Wildman–Crippen LogP) is 0.990. The summed E-state index contributed by atoms with van der Waals surface area (Å²) in [6, 6.07) is 3.48. The number of pyridine rings is 1. The van der Waals surface area contributed by atoms with Gasteiger partial charge in [-0.2, -0.15) is 0 Å². The zero-order chi connectivity index (χ0) is 13.9. The molecule has 1 rings (SSSR count). The Morgan fingerprint density at radius 2 is 2.00 bits per heavy atom. The standard InChI is InChI=1S/C13H21N3O2/c1-13(2,18)9-16(5)12(17)10-7-6-8-14-11(10)15(3)4/h6-8,18H,9H2,1-5H3. The second kappa shape index (κ2) is 5.35. The second-order valence-electron chi connectivity index (χ2n) is 5.24. The van der Waals surface area contributed by atoms with Crippen LogP contribution in [0, 0.1) is 0 Å². The van der Waals surface area contributed by atoms with E-state index in [0.717, 1.165) is 0 Å². The van der Waals surface area contributed by atoms with Gasteiger partial charge in [-0.1, -0.05) is 0 Å². The van der Waals surface area contributed by atoms with Gasteiger partial charge in [-0.3, -0.25) is 4.79 Å². The fraction of sp³-hybridized carbons (Fsp3) is 0.538. The highest BCUT2D eigenvalue weighted by Gasteiger charge is 2.22. The molecular weight excluding hydrogens is 230 g/mol. The average Bonchev–Trinajstić information content (AvgIpc) is 2.25. The second-order valence-corrected chi connectivity index (χ2v) is 5.24. The Balaban J connectivity index is 2.97. The summed E-state index contributed by atoms with van der Waals surface area (Å²) in [5, 5.41) is 9.74. The van der Waals surface area contributed by atoms with Crippen molar-refractivity contribution in [3.8, 4) is 0 Å². The molecule has 0 atom stereocenters. The van der Waals surface area contributed by atoms with Crippen molar-refractivity contribution in [2.24, 2.45) is 0 Å². The molecule has 1 heterocycles. The van der Waals surface area contributed by atoms with Crippen molar-refractivity contribution in [3.05, 3.63) is 23.9 Å². The Morgan fingerprint density at radius 3 is 2.50 bits per heavy atom. The molecule has 1 aromatic heterocycles. The first-order valence-corrected chi connectivity index (χ1v) is 5.82. The van der Waals surface area contributed by atoms with Gasteiger partial charge in [0, 0.05) is 33.9 Å². The third-order valence-corrected chi connectivity index (χ3v) is 2.41. The summed E-state index contributed by atoms with van der Waals surface area (Å²) in [4.78, 5) is 19.8. The number of anilines is 1. The van der Waals surface area contributed by atoms with Crippen LogP contribution in [0.1, 0.15) is 24.2 Å². The van der Waals surface area contributed by atoms with E-state index < -0.39 is 5.60 Å². The SMILES string of the molecule is CN(CC(C)(C)O)C(=O)c1cccnc1N(C)C. The minimum absolute atomic E-state index is 0.145. The smallest absolute Gasteiger partial charge is 0.257 e. The monoisotopic (exact) mass is 251 g/mol. The first-order valence-electron chi connectivity index (χ1n) is 5.82. The van der Waals surface area contributed by atoms with E-state index in [-0.39, 0.29) is 12.5 Å². The number of amides is 1. The first-order chi connectivity index (χ1) is 8.22. The molecule has 0 saturated carbocycles. The largest absolute Gasteiger partial charge is 0.389 e. The molecule has 0 aliphatic heterocycles. The molecular formula is C13H21N3O2. The lowest BCUT2D eigenvalue weighted by Crippen LogP contribution is -2.40. The fourth-order valence-electron chi connectivity index (χ4n) is 1.78. The Labute approximate surface area is 108 Å². The van der Waals surface area contributed by atoms with Gasteiger partial charge in [0.2, 0.25) is 0 Å². The molecule has 0 fully saturated rings. The lowest BCUT2D eigenvalue weighted by molar-refractivity contribution is 0.0368. The van der Waals surface area contributed by atoms with Gasteiger partial charge in [0.25, 0.3) is 5.91 Å². The van der Waals surface area contributed by atoms with Crippen molar-refractivity contribution in [1.82, 2.24) is 9.88 Å². The quantitative estimate of drug-likeness (QED) is 0.867. The van der Waals surface area contributed by atoms with E-state index in [4.69, 9.17) is 0 Å². The molecule has 100 valence electrons. The van der Waals surface area contributed by atoms with Crippen LogP contribution in [0.15, 0.2) is 18.3 Å². The van der Waals surface area contributed by atoms with Gasteiger partial charge >= 0.3 is 0 Å². The number of rotatable bonds is 4. The van der Waals surface area contributed by atoms with Crippen LogP contribution < -0.4 is 4.90 Å². The van der Waals surface area contributed by atoms with Crippen LogP contribution in [-0.4, -0.2) is 54.2 Å². The molecule has 1 amide bonds. The number of hydrogen-bond acceptors (Lipinski definition) is 4. The Kier molecular flexibility index (Phi) is 4.29. The molecule has 1 aromatic rings. The van der Waals surface area contributed by atoms with Crippen molar-refractivity contribution < 1.29 is 9.90 Å². The number of likely N-dealkylation sites (N-methyl/N-ethyl adjacent to an activating group) is 1. The number of carbonyl (C=O) groups is 1. The van der Waals surface area contributed by atoms with Crippen LogP contribution in [-0.2, 0) is 0 Å². The van der Waals surface area contributed by atoms with Crippen molar-refractivity contribution >= 4 is 11.7 Å². The van der Waals surface area contributed by atoms with E-state index >= 15 is 0 Å². The van der Waals surface area contributed by atoms with E-state index in [0.29, 0.717) is 11.4 Å². The minimum Gasteiger partial charge on any atom is -0.389 e. The van der Waals surface area contributed by atoms with Gasteiger partial charge in [-0.15, -0.1) is 0 Å². The maximum atomic E-state index is 12.3. The summed E-state index contributed by atoms with van der Waals surface area (Å²) in [5.41, 5.74) is -0.375. The van der Waals surface area contributed by atoms with E-state index in [1.807, 2.05) is 14.1 Å². The van der Waals surface area contributed by atoms with Crippen LogP contribution in [0.25, 0.3) is 0 Å². The van der Waals surface area contributed by atoms with Crippen molar-refractivity contribution in [1.29, 1.82) is 0 Å². The molecule has 0 saturated heterocycles. The van der Waals surface area contributed by atoms with E-state index in [1.165, 1.54) is 4.90 Å². The third-order valence-electron chi connectivity index (χ3n) is 2.41. The van der Waals surface area contributed by atoms with Gasteiger partial charge < -0.3 is 14.9 Å². The maximum absolute atomic E-state index is 12.3. The van der Waals surface area contributed by atoms with Gasteiger partial charge in [0.15, 0.2) is 0 Å². The van der Waals surface area contributed by atoms with Crippen molar-refractivity contribution in [2.45, 2.75) is 19.4 Å². The van der Waals surface area contributed by atoms with Crippen LogP contribution in [0.3, 0.4) is 0 Å². The Hall–Kier alpha value is -1.62. The predicted molar refractivity (Wildman–Crippen MR) is 71.8 cm³/mol. The molecule has 0 unspecified atom stereocenters. The molecule has 18 heavy (non-hydrogen) atoms. The van der Waals surface area contributed by atoms with Crippen LogP contribution in [0.4, 0.5) is 5.82 Å². The number of carbonyl (C=O) groups excluding carboxylic acids is 1. The zero-order valence-corrected chi connectivity index (χ0v) is 11.6. The lowest BCUT2D eigenvalue weighted by Gasteiger charge is -2.26. The van der Waals surface area contributed by atoms with Gasteiger partial charge in [-0.05, 0) is 26.0 Å². The highest BCUT2D eigenvalue weighted by Crippen LogP contribution is 2.17. The molecule has 0 aliphatic carbocycles. The molecule has 0 aliphatic rings. The lowest BCUT2D eigenvalue weighted by atomic mass is 10.1. The normalized spacial score (nSPS) is 11.2. The van der Waals surface area contributed by atoms with Crippen LogP contribution in [0.5, 0.6) is 0 Å². The Morgan fingerprint density at radius 1 is 1.39 bits per heavy atom.